The average Bonchev–Trinajstić information content (AvgIpc) is 2.26. The Kier molecular flexibility index (Phi) is 4.16. The van der Waals surface area contributed by atoms with Crippen LogP contribution in [0.15, 0.2) is 0 Å². The zero-order valence-electron chi connectivity index (χ0n) is 11.1. The van der Waals surface area contributed by atoms with E-state index in [9.17, 15) is 19.5 Å². The van der Waals surface area contributed by atoms with E-state index in [0.717, 1.165) is 0 Å². The Bertz CT molecular complexity index is 400. The number of carbonyl (C=O) groups excluding carboxylic acids is 1. The molecule has 1 aliphatic rings. The minimum atomic E-state index is -1.44. The number of carboxylic acids is 1. The zero-order valence-corrected chi connectivity index (χ0v) is 11.1. The average molecular weight is 276 g/mol. The van der Waals surface area contributed by atoms with Crippen molar-refractivity contribution in [2.45, 2.75) is 32.5 Å². The maximum atomic E-state index is 12.1. The van der Waals surface area contributed by atoms with E-state index in [1.807, 2.05) is 0 Å². The summed E-state index contributed by atoms with van der Waals surface area (Å²) in [7, 11) is 0. The van der Waals surface area contributed by atoms with Crippen molar-refractivity contribution in [3.05, 3.63) is 0 Å². The van der Waals surface area contributed by atoms with Gasteiger partial charge in [-0.1, -0.05) is 0 Å². The van der Waals surface area contributed by atoms with Crippen molar-refractivity contribution in [3.8, 4) is 0 Å². The summed E-state index contributed by atoms with van der Waals surface area (Å²) >= 11 is 0. The van der Waals surface area contributed by atoms with Gasteiger partial charge in [0.15, 0.2) is 0 Å². The van der Waals surface area contributed by atoms with Crippen LogP contribution >= 0.6 is 0 Å². The highest BCUT2D eigenvalue weighted by molar-refractivity contribution is 5.78. The Hall–Kier alpha value is -1.67. The predicted molar refractivity (Wildman–Crippen MR) is 61.6 cm³/mol. The van der Waals surface area contributed by atoms with Crippen molar-refractivity contribution in [3.63, 3.8) is 0 Å². The maximum Gasteiger partial charge on any atom is 0.527 e. The minimum Gasteiger partial charge on any atom is -0.479 e. The molecule has 2 atom stereocenters. The second-order valence-electron chi connectivity index (χ2n) is 5.33. The molecule has 1 saturated heterocycles. The lowest BCUT2D eigenvalue weighted by Gasteiger charge is -2.36. The van der Waals surface area contributed by atoms with E-state index in [-0.39, 0.29) is 13.2 Å². The molecule has 1 aliphatic heterocycles. The van der Waals surface area contributed by atoms with Gasteiger partial charge in [0.2, 0.25) is 6.10 Å². The highest BCUT2D eigenvalue weighted by atomic mass is 16.6. The fraction of sp³-hybridized carbons (Fsp3) is 0.727. The Morgan fingerprint density at radius 3 is 2.26 bits per heavy atom. The third-order valence-corrected chi connectivity index (χ3v) is 2.65. The van der Waals surface area contributed by atoms with Crippen molar-refractivity contribution < 1.29 is 38.6 Å². The number of nitrogens with zero attached hydrogens (tertiary/aromatic N) is 1. The first-order valence-electron chi connectivity index (χ1n) is 5.77. The molecule has 2 N–H and O–H groups in total. The van der Waals surface area contributed by atoms with E-state index >= 15 is 0 Å². The smallest absolute Gasteiger partial charge is 0.479 e. The van der Waals surface area contributed by atoms with Gasteiger partial charge in [-0.15, -0.1) is 4.48 Å². The summed E-state index contributed by atoms with van der Waals surface area (Å²) in [5, 5.41) is 18.2. The van der Waals surface area contributed by atoms with Crippen molar-refractivity contribution >= 4 is 18.2 Å². The van der Waals surface area contributed by atoms with E-state index in [1.54, 1.807) is 20.8 Å². The number of hydrogen-bond acceptors (Lipinski definition) is 5. The molecule has 0 radical (unpaired) electrons. The minimum absolute atomic E-state index is 0.136. The second kappa shape index (κ2) is 5.14. The zero-order chi connectivity index (χ0) is 14.8. The molecule has 0 aromatic carbocycles. The van der Waals surface area contributed by atoms with Gasteiger partial charge in [-0.2, -0.15) is 9.59 Å². The largest absolute Gasteiger partial charge is 0.527 e. The number of aliphatic carboxylic acids is 1. The standard InChI is InChI=1S/C11H17NO7/c1-11(2,3)19-10(17)12(9(15)16)4-5-18-7(6-12)8(13)14/h7H,4-6H2,1-3H3,(H-,13,14,15,16)/p+1. The third-order valence-electron chi connectivity index (χ3n) is 2.65. The predicted octanol–water partition coefficient (Wildman–Crippen LogP) is 0.900. The molecule has 0 saturated carbocycles. The molecule has 19 heavy (non-hydrogen) atoms. The number of hydrogen-bond donors (Lipinski definition) is 2. The number of rotatable bonds is 1. The van der Waals surface area contributed by atoms with Gasteiger partial charge in [-0.25, -0.2) is 4.79 Å². The number of carboxylic acid groups (broad SMARTS) is 2. The lowest BCUT2D eigenvalue weighted by atomic mass is 10.2. The quantitative estimate of drug-likeness (QED) is 0.684. The van der Waals surface area contributed by atoms with Gasteiger partial charge in [-0.05, 0) is 20.8 Å². The van der Waals surface area contributed by atoms with Crippen LogP contribution in [-0.2, 0) is 14.3 Å². The molecule has 0 aromatic heterocycles. The van der Waals surface area contributed by atoms with E-state index in [0.29, 0.717) is 0 Å². The molecule has 108 valence electrons. The van der Waals surface area contributed by atoms with E-state index < -0.39 is 40.9 Å². The van der Waals surface area contributed by atoms with E-state index in [4.69, 9.17) is 14.6 Å². The fourth-order valence-electron chi connectivity index (χ4n) is 1.69. The van der Waals surface area contributed by atoms with Crippen LogP contribution in [0.2, 0.25) is 0 Å². The molecule has 8 nitrogen and oxygen atoms in total. The molecule has 8 heteroatoms. The molecule has 1 heterocycles. The number of imide groups is 1. The van der Waals surface area contributed by atoms with Crippen LogP contribution in [-0.4, -0.2) is 64.3 Å². The second-order valence-corrected chi connectivity index (χ2v) is 5.33. The Labute approximate surface area is 110 Å². The Balaban J connectivity index is 3.00. The summed E-state index contributed by atoms with van der Waals surface area (Å²) in [4.78, 5) is 34.4. The molecule has 2 amide bonds. The summed E-state index contributed by atoms with van der Waals surface area (Å²) in [6.45, 7) is 4.05. The SMILES string of the molecule is CC(C)(C)OC(=O)[N+]1(C(=O)O)CCOC(C(=O)O)C1. The maximum absolute atomic E-state index is 12.1. The van der Waals surface area contributed by atoms with Crippen LogP contribution in [0.1, 0.15) is 20.8 Å². The van der Waals surface area contributed by atoms with Crippen LogP contribution in [0.25, 0.3) is 0 Å². The van der Waals surface area contributed by atoms with Crippen molar-refractivity contribution in [2.24, 2.45) is 0 Å². The van der Waals surface area contributed by atoms with Gasteiger partial charge >= 0.3 is 18.2 Å². The fourth-order valence-corrected chi connectivity index (χ4v) is 1.69. The molecule has 0 aromatic rings. The number of quaternary nitrogens is 1. The number of ether oxygens (including phenoxy) is 2. The van der Waals surface area contributed by atoms with Crippen molar-refractivity contribution in [2.75, 3.05) is 19.7 Å². The Morgan fingerprint density at radius 1 is 1.26 bits per heavy atom. The van der Waals surface area contributed by atoms with Gasteiger partial charge in [0.25, 0.3) is 0 Å². The molecule has 1 rings (SSSR count). The number of amides is 2. The third kappa shape index (κ3) is 3.42. The molecular formula is C11H18NO7+. The van der Waals surface area contributed by atoms with Gasteiger partial charge < -0.3 is 19.7 Å². The van der Waals surface area contributed by atoms with Gasteiger partial charge in [0.05, 0.1) is 6.61 Å². The number of carbonyl (C=O) groups is 3. The van der Waals surface area contributed by atoms with E-state index in [2.05, 4.69) is 0 Å². The highest BCUT2D eigenvalue weighted by Crippen LogP contribution is 2.22. The van der Waals surface area contributed by atoms with Crippen LogP contribution in [0.3, 0.4) is 0 Å². The molecule has 2 unspecified atom stereocenters. The summed E-state index contributed by atoms with van der Waals surface area (Å²) < 4.78 is 8.92. The van der Waals surface area contributed by atoms with Gasteiger partial charge in [-0.3, -0.25) is 0 Å². The molecule has 0 bridgehead atoms. The van der Waals surface area contributed by atoms with Crippen LogP contribution in [0.5, 0.6) is 0 Å². The number of morpholine rings is 1. The first-order valence-corrected chi connectivity index (χ1v) is 5.77. The Morgan fingerprint density at radius 2 is 1.84 bits per heavy atom. The van der Waals surface area contributed by atoms with Crippen LogP contribution in [0, 0.1) is 0 Å². The summed E-state index contributed by atoms with van der Waals surface area (Å²) in [5.74, 6) is -1.30. The van der Waals surface area contributed by atoms with Gasteiger partial charge in [0, 0.05) is 0 Å². The lowest BCUT2D eigenvalue weighted by Crippen LogP contribution is -2.66. The van der Waals surface area contributed by atoms with Crippen LogP contribution in [0.4, 0.5) is 9.59 Å². The molecule has 0 spiro atoms. The van der Waals surface area contributed by atoms with Crippen molar-refractivity contribution in [1.29, 1.82) is 0 Å². The monoisotopic (exact) mass is 276 g/mol. The molecule has 1 fully saturated rings. The molecule has 0 aliphatic carbocycles. The van der Waals surface area contributed by atoms with E-state index in [1.165, 1.54) is 0 Å². The highest BCUT2D eigenvalue weighted by Gasteiger charge is 2.54. The molecular weight excluding hydrogens is 258 g/mol. The summed E-state index contributed by atoms with van der Waals surface area (Å²) in [5.41, 5.74) is -0.852. The topological polar surface area (TPSA) is 110 Å². The normalized spacial score (nSPS) is 27.6. The summed E-state index contributed by atoms with van der Waals surface area (Å²) in [6, 6.07) is 0. The lowest BCUT2D eigenvalue weighted by molar-refractivity contribution is -0.799. The first kappa shape index (κ1) is 15.4. The summed E-state index contributed by atoms with van der Waals surface area (Å²) in [6.07, 6.45) is -3.75. The van der Waals surface area contributed by atoms with Gasteiger partial charge in [0.1, 0.15) is 18.7 Å². The van der Waals surface area contributed by atoms with Crippen LogP contribution < -0.4 is 0 Å². The first-order chi connectivity index (χ1) is 8.58. The van der Waals surface area contributed by atoms with Crippen molar-refractivity contribution in [1.82, 2.24) is 0 Å².